The second-order valence-electron chi connectivity index (χ2n) is 7.30. The molecule has 1 aromatic heterocycles. The van der Waals surface area contributed by atoms with E-state index in [4.69, 9.17) is 0 Å². The molecule has 0 fully saturated rings. The Morgan fingerprint density at radius 2 is 1.71 bits per heavy atom. The number of thioether (sulfide) groups is 1. The molecule has 0 aliphatic carbocycles. The summed E-state index contributed by atoms with van der Waals surface area (Å²) in [5.74, 6) is -0.0466. The van der Waals surface area contributed by atoms with Gasteiger partial charge in [-0.1, -0.05) is 55.1 Å². The molecule has 1 atom stereocenters. The zero-order chi connectivity index (χ0) is 22.6. The minimum absolute atomic E-state index is 0.119. The Kier molecular flexibility index (Phi) is 7.17. The lowest BCUT2D eigenvalue weighted by atomic mass is 10.1. The summed E-state index contributed by atoms with van der Waals surface area (Å²) in [5.41, 5.74) is 2.82. The van der Waals surface area contributed by atoms with Crippen LogP contribution in [0, 0.1) is 13.8 Å². The quantitative estimate of drug-likeness (QED) is 0.514. The number of rotatable bonds is 8. The SMILES string of the molecule is CCC(Sc1nnc(CS(=O)(=O)c2ccccc2)n1C)C(=O)Nc1c(C)cccc1C. The van der Waals surface area contributed by atoms with Crippen molar-refractivity contribution in [1.29, 1.82) is 0 Å². The fourth-order valence-electron chi connectivity index (χ4n) is 3.12. The first-order valence-electron chi connectivity index (χ1n) is 9.92. The van der Waals surface area contributed by atoms with Gasteiger partial charge in [0.25, 0.3) is 0 Å². The molecule has 3 rings (SSSR count). The summed E-state index contributed by atoms with van der Waals surface area (Å²) in [5, 5.41) is 11.3. The Hall–Kier alpha value is -2.65. The first-order chi connectivity index (χ1) is 14.7. The minimum atomic E-state index is -3.53. The molecule has 1 unspecified atom stereocenters. The Labute approximate surface area is 187 Å². The lowest BCUT2D eigenvalue weighted by Gasteiger charge is -2.17. The molecule has 0 aliphatic heterocycles. The van der Waals surface area contributed by atoms with E-state index >= 15 is 0 Å². The molecule has 0 saturated heterocycles. The summed E-state index contributed by atoms with van der Waals surface area (Å²) < 4.78 is 27.0. The normalized spacial score (nSPS) is 12.5. The van der Waals surface area contributed by atoms with E-state index in [-0.39, 0.29) is 21.8 Å². The number of nitrogens with zero attached hydrogens (tertiary/aromatic N) is 3. The molecule has 31 heavy (non-hydrogen) atoms. The van der Waals surface area contributed by atoms with Gasteiger partial charge in [0.2, 0.25) is 5.91 Å². The number of benzene rings is 2. The zero-order valence-electron chi connectivity index (χ0n) is 18.0. The van der Waals surface area contributed by atoms with E-state index in [1.165, 1.54) is 11.8 Å². The van der Waals surface area contributed by atoms with Crippen molar-refractivity contribution in [1.82, 2.24) is 14.8 Å². The van der Waals surface area contributed by atoms with Gasteiger partial charge in [0.05, 0.1) is 10.1 Å². The second kappa shape index (κ2) is 9.65. The molecule has 1 N–H and O–H groups in total. The van der Waals surface area contributed by atoms with Crippen LogP contribution in [0.5, 0.6) is 0 Å². The van der Waals surface area contributed by atoms with E-state index in [1.54, 1.807) is 41.9 Å². The highest BCUT2D eigenvalue weighted by Crippen LogP contribution is 2.27. The zero-order valence-corrected chi connectivity index (χ0v) is 19.6. The third-order valence-electron chi connectivity index (χ3n) is 4.99. The van der Waals surface area contributed by atoms with Crippen LogP contribution in [0.2, 0.25) is 0 Å². The van der Waals surface area contributed by atoms with Crippen LogP contribution in [0.15, 0.2) is 58.6 Å². The fourth-order valence-corrected chi connectivity index (χ4v) is 5.39. The number of hydrogen-bond donors (Lipinski definition) is 1. The first kappa shape index (κ1) is 23.0. The van der Waals surface area contributed by atoms with Crippen LogP contribution < -0.4 is 5.32 Å². The number of aromatic nitrogens is 3. The van der Waals surface area contributed by atoms with E-state index in [2.05, 4.69) is 15.5 Å². The van der Waals surface area contributed by atoms with Crippen LogP contribution in [-0.4, -0.2) is 34.3 Å². The lowest BCUT2D eigenvalue weighted by molar-refractivity contribution is -0.115. The predicted octanol–water partition coefficient (Wildman–Crippen LogP) is 3.92. The van der Waals surface area contributed by atoms with Crippen molar-refractivity contribution >= 4 is 33.2 Å². The number of carbonyl (C=O) groups excluding carboxylic acids is 1. The monoisotopic (exact) mass is 458 g/mol. The molecule has 9 heteroatoms. The number of anilines is 1. The van der Waals surface area contributed by atoms with E-state index in [0.717, 1.165) is 16.8 Å². The van der Waals surface area contributed by atoms with Gasteiger partial charge in [-0.3, -0.25) is 4.79 Å². The Balaban J connectivity index is 1.75. The molecule has 1 heterocycles. The Bertz CT molecular complexity index is 1150. The van der Waals surface area contributed by atoms with Crippen LogP contribution in [0.25, 0.3) is 0 Å². The topological polar surface area (TPSA) is 93.9 Å². The van der Waals surface area contributed by atoms with Gasteiger partial charge in [-0.05, 0) is 43.5 Å². The van der Waals surface area contributed by atoms with Gasteiger partial charge < -0.3 is 9.88 Å². The highest BCUT2D eigenvalue weighted by Gasteiger charge is 2.24. The lowest BCUT2D eigenvalue weighted by Crippen LogP contribution is -2.25. The molecule has 0 spiro atoms. The van der Waals surface area contributed by atoms with E-state index < -0.39 is 9.84 Å². The summed E-state index contributed by atoms with van der Waals surface area (Å²) in [7, 11) is -1.82. The van der Waals surface area contributed by atoms with Gasteiger partial charge in [-0.2, -0.15) is 0 Å². The van der Waals surface area contributed by atoms with Crippen molar-refractivity contribution < 1.29 is 13.2 Å². The smallest absolute Gasteiger partial charge is 0.237 e. The molecule has 0 radical (unpaired) electrons. The van der Waals surface area contributed by atoms with E-state index in [9.17, 15) is 13.2 Å². The average Bonchev–Trinajstić information content (AvgIpc) is 3.08. The van der Waals surface area contributed by atoms with Crippen LogP contribution >= 0.6 is 11.8 Å². The highest BCUT2D eigenvalue weighted by molar-refractivity contribution is 8.00. The number of hydrogen-bond acceptors (Lipinski definition) is 6. The largest absolute Gasteiger partial charge is 0.325 e. The number of sulfone groups is 1. The number of amides is 1. The fraction of sp³-hybridized carbons (Fsp3) is 0.318. The van der Waals surface area contributed by atoms with Crippen molar-refractivity contribution in [3.63, 3.8) is 0 Å². The first-order valence-corrected chi connectivity index (χ1v) is 12.5. The second-order valence-corrected chi connectivity index (χ2v) is 10.5. The van der Waals surface area contributed by atoms with Crippen LogP contribution in [0.4, 0.5) is 5.69 Å². The molecule has 164 valence electrons. The maximum atomic E-state index is 12.9. The van der Waals surface area contributed by atoms with Gasteiger partial charge in [0, 0.05) is 12.7 Å². The van der Waals surface area contributed by atoms with Gasteiger partial charge in [0.15, 0.2) is 15.0 Å². The van der Waals surface area contributed by atoms with Crippen LogP contribution in [0.1, 0.15) is 30.3 Å². The molecule has 0 aliphatic rings. The van der Waals surface area contributed by atoms with Gasteiger partial charge in [-0.25, -0.2) is 8.42 Å². The average molecular weight is 459 g/mol. The third kappa shape index (κ3) is 5.34. The molecule has 1 amide bonds. The number of nitrogens with one attached hydrogen (secondary N) is 1. The number of carbonyl (C=O) groups is 1. The van der Waals surface area contributed by atoms with Gasteiger partial charge in [-0.15, -0.1) is 10.2 Å². The molecule has 0 saturated carbocycles. The van der Waals surface area contributed by atoms with Gasteiger partial charge >= 0.3 is 0 Å². The summed E-state index contributed by atoms with van der Waals surface area (Å²) in [6.07, 6.45) is 0.589. The summed E-state index contributed by atoms with van der Waals surface area (Å²) in [6, 6.07) is 14.1. The van der Waals surface area contributed by atoms with E-state index in [0.29, 0.717) is 17.4 Å². The van der Waals surface area contributed by atoms with Crippen LogP contribution in [0.3, 0.4) is 0 Å². The molecule has 7 nitrogen and oxygen atoms in total. The molecular formula is C22H26N4O3S2. The molecule has 3 aromatic rings. The standard InChI is InChI=1S/C22H26N4O3S2/c1-5-18(21(27)23-20-15(2)10-9-11-16(20)3)30-22-25-24-19(26(22)4)14-31(28,29)17-12-7-6-8-13-17/h6-13,18H,5,14H2,1-4H3,(H,23,27). The van der Waals surface area contributed by atoms with E-state index in [1.807, 2.05) is 39.0 Å². The summed E-state index contributed by atoms with van der Waals surface area (Å²) in [6.45, 7) is 5.84. The van der Waals surface area contributed by atoms with Crippen molar-refractivity contribution in [2.45, 2.75) is 48.2 Å². The third-order valence-corrected chi connectivity index (χ3v) is 8.01. The molecular weight excluding hydrogens is 432 g/mol. The number of para-hydroxylation sites is 1. The molecule has 0 bridgehead atoms. The van der Waals surface area contributed by atoms with Crippen LogP contribution in [-0.2, 0) is 27.4 Å². The summed E-state index contributed by atoms with van der Waals surface area (Å²) >= 11 is 1.28. The van der Waals surface area contributed by atoms with Crippen molar-refractivity contribution in [3.8, 4) is 0 Å². The minimum Gasteiger partial charge on any atom is -0.325 e. The van der Waals surface area contributed by atoms with Crippen molar-refractivity contribution in [2.75, 3.05) is 5.32 Å². The highest BCUT2D eigenvalue weighted by atomic mass is 32.2. The Morgan fingerprint density at radius 1 is 1.06 bits per heavy atom. The maximum Gasteiger partial charge on any atom is 0.237 e. The predicted molar refractivity (Wildman–Crippen MR) is 123 cm³/mol. The number of aryl methyl sites for hydroxylation is 2. The Morgan fingerprint density at radius 3 is 2.32 bits per heavy atom. The van der Waals surface area contributed by atoms with Gasteiger partial charge in [0.1, 0.15) is 11.6 Å². The van der Waals surface area contributed by atoms with Crippen molar-refractivity contribution in [3.05, 3.63) is 65.5 Å². The maximum absolute atomic E-state index is 12.9. The molecule has 2 aromatic carbocycles. The van der Waals surface area contributed by atoms with Crippen molar-refractivity contribution in [2.24, 2.45) is 7.05 Å². The summed E-state index contributed by atoms with van der Waals surface area (Å²) in [4.78, 5) is 13.1.